The standard InChI is InChI=1S/C11H11Cl2N5O/c1-5(7-3-2-6(12)4-8(7)13)15-10(19)9-16-11(14)18-17-9/h2-5H,1H3,(H,15,19)(H3,14,16,17,18). The molecule has 1 aromatic carbocycles. The maximum Gasteiger partial charge on any atom is 0.289 e. The van der Waals surface area contributed by atoms with E-state index < -0.39 is 5.91 Å². The molecule has 0 saturated carbocycles. The van der Waals surface area contributed by atoms with Gasteiger partial charge >= 0.3 is 0 Å². The summed E-state index contributed by atoms with van der Waals surface area (Å²) < 4.78 is 0. The summed E-state index contributed by atoms with van der Waals surface area (Å²) in [6, 6.07) is 4.78. The van der Waals surface area contributed by atoms with Crippen molar-refractivity contribution >= 4 is 35.1 Å². The topological polar surface area (TPSA) is 96.7 Å². The number of aromatic nitrogens is 3. The number of rotatable bonds is 3. The second kappa shape index (κ2) is 5.46. The molecule has 0 fully saturated rings. The van der Waals surface area contributed by atoms with Gasteiger partial charge in [0, 0.05) is 10.0 Å². The second-order valence-electron chi connectivity index (χ2n) is 3.90. The Hall–Kier alpha value is -1.79. The molecule has 6 nitrogen and oxygen atoms in total. The van der Waals surface area contributed by atoms with E-state index in [0.717, 1.165) is 5.56 Å². The Labute approximate surface area is 119 Å². The number of nitrogens with one attached hydrogen (secondary N) is 2. The summed E-state index contributed by atoms with van der Waals surface area (Å²) in [6.07, 6.45) is 0. The van der Waals surface area contributed by atoms with Crippen molar-refractivity contribution in [2.24, 2.45) is 0 Å². The lowest BCUT2D eigenvalue weighted by Gasteiger charge is -2.14. The predicted octanol–water partition coefficient (Wildman–Crippen LogP) is 2.18. The average molecular weight is 300 g/mol. The van der Waals surface area contributed by atoms with Gasteiger partial charge in [-0.05, 0) is 24.6 Å². The number of carbonyl (C=O) groups excluding carboxylic acids is 1. The van der Waals surface area contributed by atoms with Crippen molar-refractivity contribution in [3.05, 3.63) is 39.6 Å². The summed E-state index contributed by atoms with van der Waals surface area (Å²) in [4.78, 5) is 15.6. The number of nitrogens with zero attached hydrogens (tertiary/aromatic N) is 2. The minimum Gasteiger partial charge on any atom is -0.366 e. The SMILES string of the molecule is CC(NC(=O)c1nc(N)n[nH]1)c1ccc(Cl)cc1Cl. The third kappa shape index (κ3) is 3.15. The van der Waals surface area contributed by atoms with Crippen molar-refractivity contribution < 1.29 is 4.79 Å². The molecular weight excluding hydrogens is 289 g/mol. The van der Waals surface area contributed by atoms with Crippen LogP contribution < -0.4 is 11.1 Å². The lowest BCUT2D eigenvalue weighted by atomic mass is 10.1. The summed E-state index contributed by atoms with van der Waals surface area (Å²) in [6.45, 7) is 1.80. The number of amides is 1. The average Bonchev–Trinajstić information content (AvgIpc) is 2.75. The van der Waals surface area contributed by atoms with E-state index in [1.807, 2.05) is 0 Å². The molecule has 0 radical (unpaired) electrons. The Morgan fingerprint density at radius 1 is 1.47 bits per heavy atom. The van der Waals surface area contributed by atoms with E-state index in [0.29, 0.717) is 10.0 Å². The second-order valence-corrected chi connectivity index (χ2v) is 4.75. The van der Waals surface area contributed by atoms with E-state index in [1.165, 1.54) is 0 Å². The molecule has 100 valence electrons. The molecule has 1 heterocycles. The zero-order chi connectivity index (χ0) is 14.0. The van der Waals surface area contributed by atoms with E-state index in [4.69, 9.17) is 28.9 Å². The van der Waals surface area contributed by atoms with Gasteiger partial charge in [0.15, 0.2) is 0 Å². The molecule has 8 heteroatoms. The summed E-state index contributed by atoms with van der Waals surface area (Å²) in [5.41, 5.74) is 6.09. The van der Waals surface area contributed by atoms with Crippen LogP contribution in [0.5, 0.6) is 0 Å². The molecule has 1 aromatic heterocycles. The molecule has 2 aromatic rings. The number of carbonyl (C=O) groups is 1. The maximum absolute atomic E-state index is 11.9. The van der Waals surface area contributed by atoms with Gasteiger partial charge in [-0.25, -0.2) is 0 Å². The minimum absolute atomic E-state index is 0.0160. The monoisotopic (exact) mass is 299 g/mol. The van der Waals surface area contributed by atoms with E-state index in [-0.39, 0.29) is 17.8 Å². The first-order valence-corrected chi connectivity index (χ1v) is 6.16. The normalized spacial score (nSPS) is 12.2. The summed E-state index contributed by atoms with van der Waals surface area (Å²) in [7, 11) is 0. The number of anilines is 1. The molecule has 19 heavy (non-hydrogen) atoms. The van der Waals surface area contributed by atoms with Gasteiger partial charge in [-0.3, -0.25) is 9.89 Å². The van der Waals surface area contributed by atoms with Gasteiger partial charge in [0.05, 0.1) is 6.04 Å². The third-order valence-electron chi connectivity index (χ3n) is 2.49. The summed E-state index contributed by atoms with van der Waals surface area (Å²) in [5.74, 6) is -0.348. The Morgan fingerprint density at radius 2 is 2.21 bits per heavy atom. The number of aromatic amines is 1. The van der Waals surface area contributed by atoms with Crippen LogP contribution in [0, 0.1) is 0 Å². The van der Waals surface area contributed by atoms with Gasteiger partial charge in [-0.2, -0.15) is 4.98 Å². The maximum atomic E-state index is 11.9. The highest BCUT2D eigenvalue weighted by molar-refractivity contribution is 6.35. The molecule has 0 bridgehead atoms. The highest BCUT2D eigenvalue weighted by atomic mass is 35.5. The first-order valence-electron chi connectivity index (χ1n) is 5.41. The highest BCUT2D eigenvalue weighted by Crippen LogP contribution is 2.26. The lowest BCUT2D eigenvalue weighted by molar-refractivity contribution is 0.0930. The van der Waals surface area contributed by atoms with Crippen molar-refractivity contribution in [3.63, 3.8) is 0 Å². The van der Waals surface area contributed by atoms with Crippen LogP contribution in [0.1, 0.15) is 29.1 Å². The number of hydrogen-bond acceptors (Lipinski definition) is 4. The highest BCUT2D eigenvalue weighted by Gasteiger charge is 2.16. The molecule has 0 aliphatic heterocycles. The number of hydrogen-bond donors (Lipinski definition) is 3. The van der Waals surface area contributed by atoms with E-state index in [2.05, 4.69) is 20.5 Å². The molecule has 0 saturated heterocycles. The Balaban J connectivity index is 2.12. The Morgan fingerprint density at radius 3 is 2.79 bits per heavy atom. The van der Waals surface area contributed by atoms with Crippen LogP contribution in [0.3, 0.4) is 0 Å². The van der Waals surface area contributed by atoms with Crippen LogP contribution in [-0.2, 0) is 0 Å². The molecule has 0 spiro atoms. The van der Waals surface area contributed by atoms with Crippen molar-refractivity contribution in [3.8, 4) is 0 Å². The van der Waals surface area contributed by atoms with Crippen LogP contribution >= 0.6 is 23.2 Å². The van der Waals surface area contributed by atoms with Crippen LogP contribution in [0.15, 0.2) is 18.2 Å². The Bertz CT molecular complexity index is 613. The fourth-order valence-corrected chi connectivity index (χ4v) is 2.14. The number of halogens is 2. The molecule has 1 atom stereocenters. The zero-order valence-corrected chi connectivity index (χ0v) is 11.5. The first-order chi connectivity index (χ1) is 8.97. The number of benzene rings is 1. The van der Waals surface area contributed by atoms with Gasteiger partial charge < -0.3 is 11.1 Å². The van der Waals surface area contributed by atoms with E-state index >= 15 is 0 Å². The molecular formula is C11H11Cl2N5O. The van der Waals surface area contributed by atoms with Crippen molar-refractivity contribution in [1.82, 2.24) is 20.5 Å². The molecule has 0 aliphatic carbocycles. The zero-order valence-electron chi connectivity index (χ0n) is 9.95. The van der Waals surface area contributed by atoms with Gasteiger partial charge in [0.25, 0.3) is 5.91 Å². The van der Waals surface area contributed by atoms with E-state index in [1.54, 1.807) is 25.1 Å². The molecule has 1 unspecified atom stereocenters. The number of H-pyrrole nitrogens is 1. The van der Waals surface area contributed by atoms with Gasteiger partial charge in [-0.1, -0.05) is 29.3 Å². The van der Waals surface area contributed by atoms with Gasteiger partial charge in [0.1, 0.15) is 0 Å². The molecule has 0 aliphatic rings. The molecule has 1 amide bonds. The van der Waals surface area contributed by atoms with E-state index in [9.17, 15) is 4.79 Å². The largest absolute Gasteiger partial charge is 0.366 e. The van der Waals surface area contributed by atoms with Crippen LogP contribution in [-0.4, -0.2) is 21.1 Å². The Kier molecular flexibility index (Phi) is 3.92. The summed E-state index contributed by atoms with van der Waals surface area (Å²) >= 11 is 11.9. The van der Waals surface area contributed by atoms with Crippen LogP contribution in [0.4, 0.5) is 5.95 Å². The van der Waals surface area contributed by atoms with Crippen LogP contribution in [0.25, 0.3) is 0 Å². The first kappa shape index (κ1) is 13.6. The minimum atomic E-state index is -0.414. The van der Waals surface area contributed by atoms with Gasteiger partial charge in [-0.15, -0.1) is 5.10 Å². The number of nitrogens with two attached hydrogens (primary N) is 1. The molecule has 4 N–H and O–H groups in total. The van der Waals surface area contributed by atoms with Crippen molar-refractivity contribution in [1.29, 1.82) is 0 Å². The van der Waals surface area contributed by atoms with Gasteiger partial charge in [0.2, 0.25) is 11.8 Å². The quantitative estimate of drug-likeness (QED) is 0.809. The third-order valence-corrected chi connectivity index (χ3v) is 3.06. The van der Waals surface area contributed by atoms with Crippen LogP contribution in [0.2, 0.25) is 10.0 Å². The fraction of sp³-hybridized carbons (Fsp3) is 0.182. The smallest absolute Gasteiger partial charge is 0.289 e. The lowest BCUT2D eigenvalue weighted by Crippen LogP contribution is -2.27. The number of nitrogen functional groups attached to an aromatic ring is 1. The molecule has 2 rings (SSSR count). The summed E-state index contributed by atoms with van der Waals surface area (Å²) in [5, 5.41) is 9.77. The van der Waals surface area contributed by atoms with Crippen molar-refractivity contribution in [2.75, 3.05) is 5.73 Å². The predicted molar refractivity (Wildman–Crippen MR) is 73.1 cm³/mol. The van der Waals surface area contributed by atoms with Crippen molar-refractivity contribution in [2.45, 2.75) is 13.0 Å². The fourth-order valence-electron chi connectivity index (χ4n) is 1.57.